The van der Waals surface area contributed by atoms with E-state index in [-0.39, 0.29) is 0 Å². The van der Waals surface area contributed by atoms with E-state index in [4.69, 9.17) is 0 Å². The normalized spacial score (nSPS) is 28.7. The van der Waals surface area contributed by atoms with Crippen molar-refractivity contribution in [2.75, 3.05) is 19.6 Å². The zero-order chi connectivity index (χ0) is 13.2. The third kappa shape index (κ3) is 3.08. The minimum absolute atomic E-state index is 0.514. The van der Waals surface area contributed by atoms with Crippen LogP contribution in [0.4, 0.5) is 0 Å². The summed E-state index contributed by atoms with van der Waals surface area (Å²) in [6, 6.07) is 0.698. The van der Waals surface area contributed by atoms with E-state index in [1.807, 2.05) is 0 Å². The summed E-state index contributed by atoms with van der Waals surface area (Å²) in [5.74, 6) is 1.58. The molecule has 0 radical (unpaired) electrons. The maximum Gasteiger partial charge on any atom is 0.0334 e. The van der Waals surface area contributed by atoms with E-state index in [0.29, 0.717) is 11.6 Å². The Labute approximate surface area is 114 Å². The fraction of sp³-hybridized carbons (Fsp3) is 1.00. The quantitative estimate of drug-likeness (QED) is 0.826. The number of hydrogen-bond acceptors (Lipinski definition) is 2. The third-order valence-electron chi connectivity index (χ3n) is 5.10. The fourth-order valence-electron chi connectivity index (χ4n) is 3.64. The van der Waals surface area contributed by atoms with Crippen LogP contribution >= 0.6 is 0 Å². The first kappa shape index (κ1) is 14.3. The Kier molecular flexibility index (Phi) is 4.71. The molecule has 0 amide bonds. The summed E-state index contributed by atoms with van der Waals surface area (Å²) in [5.41, 5.74) is 0.514. The van der Waals surface area contributed by atoms with Crippen molar-refractivity contribution < 1.29 is 0 Å². The molecular weight excluding hydrogens is 220 g/mol. The van der Waals surface area contributed by atoms with Crippen LogP contribution in [0.25, 0.3) is 0 Å². The van der Waals surface area contributed by atoms with Crippen molar-refractivity contribution in [3.63, 3.8) is 0 Å². The zero-order valence-electron chi connectivity index (χ0n) is 12.8. The van der Waals surface area contributed by atoms with Gasteiger partial charge < -0.3 is 5.32 Å². The van der Waals surface area contributed by atoms with Crippen LogP contribution in [0.5, 0.6) is 0 Å². The number of piperazine rings is 1. The molecule has 1 atom stereocenters. The van der Waals surface area contributed by atoms with Gasteiger partial charge in [-0.25, -0.2) is 0 Å². The molecule has 0 aromatic heterocycles. The van der Waals surface area contributed by atoms with Crippen LogP contribution in [0.15, 0.2) is 0 Å². The van der Waals surface area contributed by atoms with Gasteiger partial charge in [-0.2, -0.15) is 0 Å². The third-order valence-corrected chi connectivity index (χ3v) is 5.10. The topological polar surface area (TPSA) is 15.3 Å². The summed E-state index contributed by atoms with van der Waals surface area (Å²) >= 11 is 0. The minimum atomic E-state index is 0.514. The van der Waals surface area contributed by atoms with E-state index >= 15 is 0 Å². The first-order valence-corrected chi connectivity index (χ1v) is 8.02. The van der Waals surface area contributed by atoms with Crippen molar-refractivity contribution in [2.45, 2.75) is 71.4 Å². The molecule has 2 rings (SSSR count). The van der Waals surface area contributed by atoms with Gasteiger partial charge in [0, 0.05) is 24.7 Å². The lowest BCUT2D eigenvalue weighted by atomic mass is 9.88. The average Bonchev–Trinajstić information content (AvgIpc) is 2.77. The van der Waals surface area contributed by atoms with Gasteiger partial charge in [-0.05, 0) is 37.6 Å². The van der Waals surface area contributed by atoms with Crippen molar-refractivity contribution in [3.8, 4) is 0 Å². The van der Waals surface area contributed by atoms with Gasteiger partial charge in [0.2, 0.25) is 0 Å². The lowest BCUT2D eigenvalue weighted by molar-refractivity contribution is 0.0296. The summed E-state index contributed by atoms with van der Waals surface area (Å²) in [6.07, 6.45) is 7.07. The molecule has 18 heavy (non-hydrogen) atoms. The number of nitrogens with one attached hydrogen (secondary N) is 1. The van der Waals surface area contributed by atoms with Crippen LogP contribution in [-0.2, 0) is 0 Å². The number of nitrogens with zero attached hydrogens (tertiary/aromatic N) is 1. The van der Waals surface area contributed by atoms with E-state index in [2.05, 4.69) is 37.9 Å². The molecule has 0 aromatic rings. The van der Waals surface area contributed by atoms with Crippen LogP contribution in [0, 0.1) is 11.8 Å². The Morgan fingerprint density at radius 3 is 2.39 bits per heavy atom. The van der Waals surface area contributed by atoms with Crippen molar-refractivity contribution in [3.05, 3.63) is 0 Å². The molecule has 0 aromatic carbocycles. The van der Waals surface area contributed by atoms with Crippen LogP contribution in [0.1, 0.15) is 59.8 Å². The summed E-state index contributed by atoms with van der Waals surface area (Å²) in [4.78, 5) is 2.85. The lowest BCUT2D eigenvalue weighted by Gasteiger charge is -2.49. The van der Waals surface area contributed by atoms with Crippen LogP contribution in [0.3, 0.4) is 0 Å². The largest absolute Gasteiger partial charge is 0.311 e. The monoisotopic (exact) mass is 252 g/mol. The smallest absolute Gasteiger partial charge is 0.0334 e. The Balaban J connectivity index is 2.01. The molecule has 2 heteroatoms. The second kappa shape index (κ2) is 5.92. The van der Waals surface area contributed by atoms with E-state index in [9.17, 15) is 0 Å². The Morgan fingerprint density at radius 1 is 1.17 bits per heavy atom. The van der Waals surface area contributed by atoms with Gasteiger partial charge in [0.05, 0.1) is 0 Å². The van der Waals surface area contributed by atoms with E-state index in [0.717, 1.165) is 11.8 Å². The summed E-state index contributed by atoms with van der Waals surface area (Å²) in [5, 5.41) is 3.83. The first-order valence-electron chi connectivity index (χ1n) is 8.02. The van der Waals surface area contributed by atoms with Crippen LogP contribution in [0.2, 0.25) is 0 Å². The van der Waals surface area contributed by atoms with E-state index < -0.39 is 0 Å². The van der Waals surface area contributed by atoms with Gasteiger partial charge in [0.15, 0.2) is 0 Å². The average molecular weight is 252 g/mol. The summed E-state index contributed by atoms with van der Waals surface area (Å²) < 4.78 is 0. The van der Waals surface area contributed by atoms with Crippen LogP contribution < -0.4 is 5.32 Å². The molecule has 1 saturated heterocycles. The standard InChI is InChI=1S/C16H32N2/c1-13(2)7-10-18-11-15(14(3)4)17-12-16(18)8-5-6-9-16/h13-15,17H,5-12H2,1-4H3. The molecule has 0 bridgehead atoms. The Hall–Kier alpha value is -0.0800. The SMILES string of the molecule is CC(C)CCN1CC(C(C)C)NCC12CCCC2. The van der Waals surface area contributed by atoms with Gasteiger partial charge in [-0.1, -0.05) is 40.5 Å². The van der Waals surface area contributed by atoms with Crippen molar-refractivity contribution >= 4 is 0 Å². The molecule has 1 heterocycles. The lowest BCUT2D eigenvalue weighted by Crippen LogP contribution is -2.64. The molecular formula is C16H32N2. The van der Waals surface area contributed by atoms with E-state index in [1.54, 1.807) is 0 Å². The van der Waals surface area contributed by atoms with Gasteiger partial charge in [0.1, 0.15) is 0 Å². The van der Waals surface area contributed by atoms with Gasteiger partial charge >= 0.3 is 0 Å². The van der Waals surface area contributed by atoms with E-state index in [1.165, 1.54) is 51.7 Å². The van der Waals surface area contributed by atoms with Crippen molar-refractivity contribution in [1.29, 1.82) is 0 Å². The van der Waals surface area contributed by atoms with Gasteiger partial charge in [0.25, 0.3) is 0 Å². The Bertz CT molecular complexity index is 254. The molecule has 1 N–H and O–H groups in total. The van der Waals surface area contributed by atoms with Gasteiger partial charge in [-0.15, -0.1) is 0 Å². The molecule has 1 unspecified atom stereocenters. The summed E-state index contributed by atoms with van der Waals surface area (Å²) in [7, 11) is 0. The first-order chi connectivity index (χ1) is 8.53. The predicted octanol–water partition coefficient (Wildman–Crippen LogP) is 3.28. The fourth-order valence-corrected chi connectivity index (χ4v) is 3.64. The highest BCUT2D eigenvalue weighted by Gasteiger charge is 2.43. The summed E-state index contributed by atoms with van der Waals surface area (Å²) in [6.45, 7) is 13.2. The number of rotatable bonds is 4. The maximum atomic E-state index is 3.83. The highest BCUT2D eigenvalue weighted by Crippen LogP contribution is 2.37. The molecule has 1 spiro atoms. The van der Waals surface area contributed by atoms with Gasteiger partial charge in [-0.3, -0.25) is 4.90 Å². The molecule has 2 nitrogen and oxygen atoms in total. The minimum Gasteiger partial charge on any atom is -0.311 e. The van der Waals surface area contributed by atoms with Crippen molar-refractivity contribution in [1.82, 2.24) is 10.2 Å². The highest BCUT2D eigenvalue weighted by molar-refractivity contribution is 5.02. The molecule has 2 fully saturated rings. The zero-order valence-corrected chi connectivity index (χ0v) is 12.8. The molecule has 106 valence electrons. The maximum absolute atomic E-state index is 3.83. The Morgan fingerprint density at radius 2 is 1.83 bits per heavy atom. The second-order valence-corrected chi connectivity index (χ2v) is 7.29. The number of hydrogen-bond donors (Lipinski definition) is 1. The molecule has 1 aliphatic heterocycles. The molecule has 1 saturated carbocycles. The van der Waals surface area contributed by atoms with Crippen LogP contribution in [-0.4, -0.2) is 36.1 Å². The van der Waals surface area contributed by atoms with Crippen molar-refractivity contribution in [2.24, 2.45) is 11.8 Å². The molecule has 2 aliphatic rings. The second-order valence-electron chi connectivity index (χ2n) is 7.29. The highest BCUT2D eigenvalue weighted by atomic mass is 15.3. The molecule has 1 aliphatic carbocycles. The predicted molar refractivity (Wildman–Crippen MR) is 78.9 cm³/mol.